The third kappa shape index (κ3) is 2.51. The lowest BCUT2D eigenvalue weighted by molar-refractivity contribution is -0.599. The lowest BCUT2D eigenvalue weighted by Gasteiger charge is -2.17. The third-order valence-electron chi connectivity index (χ3n) is 3.80. The van der Waals surface area contributed by atoms with Crippen LogP contribution in [0.2, 0.25) is 0 Å². The largest absolute Gasteiger partial charge is 0.710 e. The van der Waals surface area contributed by atoms with E-state index in [4.69, 9.17) is 0 Å². The van der Waals surface area contributed by atoms with Gasteiger partial charge in [0.25, 0.3) is 5.82 Å². The molecule has 0 unspecified atom stereocenters. The van der Waals surface area contributed by atoms with Crippen molar-refractivity contribution in [3.8, 4) is 11.4 Å². The highest BCUT2D eigenvalue weighted by atomic mass is 16.5. The van der Waals surface area contributed by atoms with Gasteiger partial charge in [-0.15, -0.1) is 0 Å². The van der Waals surface area contributed by atoms with Crippen LogP contribution in [0.4, 0.5) is 0 Å². The molecule has 112 valence electrons. The number of hydrogen-bond donors (Lipinski definition) is 1. The molecule has 0 radical (unpaired) electrons. The van der Waals surface area contributed by atoms with Crippen LogP contribution in [0.3, 0.4) is 0 Å². The first kappa shape index (κ1) is 15.1. The monoisotopic (exact) mass is 288 g/mol. The summed E-state index contributed by atoms with van der Waals surface area (Å²) in [5, 5.41) is 22.0. The minimum Gasteiger partial charge on any atom is -0.710 e. The summed E-state index contributed by atoms with van der Waals surface area (Å²) in [6, 6.07) is 8.40. The van der Waals surface area contributed by atoms with Gasteiger partial charge in [-0.05, 0) is 12.1 Å². The van der Waals surface area contributed by atoms with Crippen molar-refractivity contribution in [3.63, 3.8) is 0 Å². The summed E-state index contributed by atoms with van der Waals surface area (Å²) in [6.45, 7) is 7.19. The van der Waals surface area contributed by atoms with E-state index in [-0.39, 0.29) is 5.92 Å². The van der Waals surface area contributed by atoms with Crippen LogP contribution in [0.1, 0.15) is 31.3 Å². The molecule has 0 bridgehead atoms. The van der Waals surface area contributed by atoms with Crippen molar-refractivity contribution < 1.29 is 14.6 Å². The van der Waals surface area contributed by atoms with Crippen molar-refractivity contribution in [3.05, 3.63) is 46.9 Å². The number of hydrogen-bond acceptors (Lipinski definition) is 2. The molecule has 21 heavy (non-hydrogen) atoms. The van der Waals surface area contributed by atoms with Crippen LogP contribution in [0.25, 0.3) is 11.4 Å². The molecular formula is C16H20N2O3. The average Bonchev–Trinajstić information content (AvgIpc) is 2.64. The number of imidazole rings is 1. The average molecular weight is 288 g/mol. The number of carboxylic acids is 1. The van der Waals surface area contributed by atoms with Crippen molar-refractivity contribution in [2.75, 3.05) is 0 Å². The molecule has 0 aliphatic rings. The van der Waals surface area contributed by atoms with E-state index in [1.54, 1.807) is 18.4 Å². The maximum Gasteiger partial charge on any atom is 0.349 e. The molecule has 2 aromatic rings. The first-order chi connectivity index (χ1) is 9.86. The van der Waals surface area contributed by atoms with E-state index in [0.717, 1.165) is 10.3 Å². The second-order valence-corrected chi connectivity index (χ2v) is 5.55. The van der Waals surface area contributed by atoms with E-state index in [2.05, 4.69) is 0 Å². The Morgan fingerprint density at radius 2 is 1.81 bits per heavy atom. The van der Waals surface area contributed by atoms with Gasteiger partial charge in [0, 0.05) is 19.8 Å². The molecule has 1 aromatic carbocycles. The zero-order chi connectivity index (χ0) is 15.7. The highest BCUT2D eigenvalue weighted by Gasteiger charge is 2.36. The number of rotatable bonds is 4. The second-order valence-electron chi connectivity index (χ2n) is 5.55. The van der Waals surface area contributed by atoms with Crippen LogP contribution < -0.4 is 4.73 Å². The summed E-state index contributed by atoms with van der Waals surface area (Å²) >= 11 is 0. The van der Waals surface area contributed by atoms with Gasteiger partial charge >= 0.3 is 5.97 Å². The molecule has 5 nitrogen and oxygen atoms in total. The predicted octanol–water partition coefficient (Wildman–Crippen LogP) is 2.69. The molecule has 0 fully saturated rings. The number of carbonyl (C=O) groups is 1. The molecule has 1 aromatic heterocycles. The summed E-state index contributed by atoms with van der Waals surface area (Å²) < 4.78 is 2.47. The van der Waals surface area contributed by atoms with E-state index in [1.807, 2.05) is 44.2 Å². The van der Waals surface area contributed by atoms with Gasteiger partial charge in [-0.1, -0.05) is 32.0 Å². The van der Waals surface area contributed by atoms with Crippen LogP contribution in [0.15, 0.2) is 30.3 Å². The maximum absolute atomic E-state index is 12.5. The van der Waals surface area contributed by atoms with Gasteiger partial charge in [-0.3, -0.25) is 0 Å². The fourth-order valence-corrected chi connectivity index (χ4v) is 2.61. The fraction of sp³-hybridized carbons (Fsp3) is 0.375. The summed E-state index contributed by atoms with van der Waals surface area (Å²) in [7, 11) is 0. The van der Waals surface area contributed by atoms with E-state index in [1.165, 1.54) is 0 Å². The molecular weight excluding hydrogens is 268 g/mol. The maximum atomic E-state index is 12.5. The Balaban J connectivity index is 2.77. The van der Waals surface area contributed by atoms with Gasteiger partial charge in [0.15, 0.2) is 0 Å². The highest BCUT2D eigenvalue weighted by Crippen LogP contribution is 2.28. The lowest BCUT2D eigenvalue weighted by atomic mass is 10.0. The Morgan fingerprint density at radius 3 is 2.29 bits per heavy atom. The van der Waals surface area contributed by atoms with Gasteiger partial charge in [0.2, 0.25) is 6.04 Å². The SMILES string of the molecule is Cc1c(C)[n+]([O-])c(-c2ccccc2)n1[C@H](C(=O)O)C(C)C. The highest BCUT2D eigenvalue weighted by molar-refractivity contribution is 5.73. The number of carboxylic acid groups (broad SMARTS) is 1. The molecule has 1 N–H and O–H groups in total. The number of benzene rings is 1. The van der Waals surface area contributed by atoms with Crippen molar-refractivity contribution in [2.45, 2.75) is 33.7 Å². The fourth-order valence-electron chi connectivity index (χ4n) is 2.61. The Bertz CT molecular complexity index is 660. The molecule has 5 heteroatoms. The van der Waals surface area contributed by atoms with Gasteiger partial charge < -0.3 is 10.3 Å². The van der Waals surface area contributed by atoms with Crippen LogP contribution in [0, 0.1) is 25.0 Å². The van der Waals surface area contributed by atoms with E-state index < -0.39 is 12.0 Å². The van der Waals surface area contributed by atoms with Gasteiger partial charge in [0.05, 0.1) is 5.56 Å². The van der Waals surface area contributed by atoms with Gasteiger partial charge in [-0.25, -0.2) is 14.1 Å². The zero-order valence-electron chi connectivity index (χ0n) is 12.7. The van der Waals surface area contributed by atoms with Crippen molar-refractivity contribution >= 4 is 5.97 Å². The smallest absolute Gasteiger partial charge is 0.349 e. The molecule has 1 atom stereocenters. The minimum atomic E-state index is -0.930. The zero-order valence-corrected chi connectivity index (χ0v) is 12.7. The van der Waals surface area contributed by atoms with Crippen molar-refractivity contribution in [2.24, 2.45) is 5.92 Å². The molecule has 1 heterocycles. The minimum absolute atomic E-state index is 0.129. The Morgan fingerprint density at radius 1 is 1.24 bits per heavy atom. The molecule has 0 aliphatic carbocycles. The van der Waals surface area contributed by atoms with Crippen LogP contribution >= 0.6 is 0 Å². The predicted molar refractivity (Wildman–Crippen MR) is 79.8 cm³/mol. The second kappa shape index (κ2) is 5.60. The van der Waals surface area contributed by atoms with Gasteiger partial charge in [0.1, 0.15) is 11.4 Å². The summed E-state index contributed by atoms with van der Waals surface area (Å²) in [4.78, 5) is 11.7. The van der Waals surface area contributed by atoms with Crippen LogP contribution in [-0.4, -0.2) is 15.6 Å². The third-order valence-corrected chi connectivity index (χ3v) is 3.80. The number of aliphatic carboxylic acids is 1. The van der Waals surface area contributed by atoms with Crippen LogP contribution in [-0.2, 0) is 4.79 Å². The Hall–Kier alpha value is -2.30. The quantitative estimate of drug-likeness (QED) is 0.694. The van der Waals surface area contributed by atoms with E-state index in [9.17, 15) is 15.1 Å². The molecule has 0 amide bonds. The lowest BCUT2D eigenvalue weighted by Crippen LogP contribution is -2.33. The number of nitrogens with zero attached hydrogens (tertiary/aromatic N) is 2. The van der Waals surface area contributed by atoms with E-state index in [0.29, 0.717) is 17.2 Å². The van der Waals surface area contributed by atoms with Crippen molar-refractivity contribution in [1.29, 1.82) is 0 Å². The first-order valence-electron chi connectivity index (χ1n) is 6.95. The van der Waals surface area contributed by atoms with Gasteiger partial charge in [-0.2, -0.15) is 0 Å². The standard InChI is InChI=1S/C16H20N2O3/c1-10(2)14(16(19)20)17-11(3)12(4)18(21)15(17)13-8-6-5-7-9-13/h5-10,14H,1-4H3,(H,19,20)/t14-/m0/s1. The topological polar surface area (TPSA) is 69.2 Å². The normalized spacial score (nSPS) is 12.6. The number of aromatic nitrogens is 2. The van der Waals surface area contributed by atoms with Crippen molar-refractivity contribution in [1.82, 2.24) is 4.57 Å². The Labute approximate surface area is 124 Å². The summed E-state index contributed by atoms with van der Waals surface area (Å²) in [5.74, 6) is -0.678. The summed E-state index contributed by atoms with van der Waals surface area (Å²) in [6.07, 6.45) is 0. The molecule has 0 aliphatic heterocycles. The Kier molecular flexibility index (Phi) is 4.02. The van der Waals surface area contributed by atoms with Crippen LogP contribution in [0.5, 0.6) is 0 Å². The molecule has 0 spiro atoms. The van der Waals surface area contributed by atoms with E-state index >= 15 is 0 Å². The molecule has 0 saturated heterocycles. The molecule has 0 saturated carbocycles. The first-order valence-corrected chi connectivity index (χ1v) is 6.95. The summed E-state index contributed by atoms with van der Waals surface area (Å²) in [5.41, 5.74) is 1.93. The molecule has 2 rings (SSSR count).